The molecule has 0 aliphatic rings. The molecule has 0 unspecified atom stereocenters. The Morgan fingerprint density at radius 1 is 0.735 bits per heavy atom. The van der Waals surface area contributed by atoms with Crippen LogP contribution in [0, 0.1) is 13.8 Å². The Kier molecular flexibility index (Phi) is 53.3. The van der Waals surface area contributed by atoms with Crippen LogP contribution in [0.4, 0.5) is 0 Å². The molecule has 0 saturated heterocycles. The molecule has 0 fully saturated rings. The van der Waals surface area contributed by atoms with Gasteiger partial charge in [-0.15, -0.1) is 0 Å². The normalized spacial score (nSPS) is 9.24. The van der Waals surface area contributed by atoms with Crippen molar-refractivity contribution in [2.45, 2.75) is 111 Å². The second kappa shape index (κ2) is 42.1. The molecule has 34 heavy (non-hydrogen) atoms. The zero-order valence-electron chi connectivity index (χ0n) is 21.8. The van der Waals surface area contributed by atoms with Crippen molar-refractivity contribution in [3.63, 3.8) is 0 Å². The van der Waals surface area contributed by atoms with Crippen LogP contribution in [0.2, 0.25) is 0 Å². The second-order valence-corrected chi connectivity index (χ2v) is 7.20. The Morgan fingerprint density at radius 2 is 1.15 bits per heavy atom. The number of unbranched alkanes of at least 4 members (excludes halogenated alkanes) is 10. The number of carbonyl (C=O) groups is 3. The first-order chi connectivity index (χ1) is 15.8. The van der Waals surface area contributed by atoms with Crippen LogP contribution in [0.1, 0.15) is 111 Å². The molecule has 198 valence electrons. The van der Waals surface area contributed by atoms with Gasteiger partial charge in [-0.1, -0.05) is 112 Å². The standard InChI is InChI=1S/C12H23O2.C6H7O5.2C4H9.Sn/c1-2-3-4-5-6-7-8-9-10-11-12(13)14;7-3-4-11-6(10)2-1-5(8)9;2*1-3-4-2;/h2-11H2,1H3;1-2,7H,3-4H2;2*1,3-4H2,2H3;/b;2-1+;;;. The molecule has 0 rings (SSSR count). The Morgan fingerprint density at radius 3 is 1.47 bits per heavy atom. The average Bonchev–Trinajstić information content (AvgIpc) is 2.80. The first-order valence-electron chi connectivity index (χ1n) is 12.2. The van der Waals surface area contributed by atoms with Crippen LogP contribution >= 0.6 is 0 Å². The zero-order valence-corrected chi connectivity index (χ0v) is 24.6. The van der Waals surface area contributed by atoms with Gasteiger partial charge >= 0.3 is 17.9 Å². The van der Waals surface area contributed by atoms with Crippen molar-refractivity contribution in [3.05, 3.63) is 26.0 Å². The molecule has 0 aromatic heterocycles. The molecule has 0 aromatic rings. The van der Waals surface area contributed by atoms with Crippen LogP contribution in [0.15, 0.2) is 12.2 Å². The summed E-state index contributed by atoms with van der Waals surface area (Å²) >= 11 is 0. The van der Waals surface area contributed by atoms with Gasteiger partial charge in [0.1, 0.15) is 6.61 Å². The van der Waals surface area contributed by atoms with Crippen molar-refractivity contribution >= 4 is 41.8 Å². The van der Waals surface area contributed by atoms with Crippen LogP contribution < -0.4 is 0 Å². The Bertz CT molecular complexity index is 433. The topological polar surface area (TPSA) is 120 Å². The van der Waals surface area contributed by atoms with E-state index in [1.54, 1.807) is 0 Å². The SMILES string of the molecule is CCCCCCCCCCCC([O])=O.[CH2]CCC.[CH2]CCC.[O]C(=O)/C=C/C(=O)OCCO.[Sn]. The average molecular weight is 591 g/mol. The van der Waals surface area contributed by atoms with E-state index in [1.807, 2.05) is 0 Å². The molecule has 0 heterocycles. The molecule has 0 saturated carbocycles. The van der Waals surface area contributed by atoms with Crippen molar-refractivity contribution in [3.8, 4) is 0 Å². The van der Waals surface area contributed by atoms with Crippen molar-refractivity contribution in [1.82, 2.24) is 0 Å². The number of hydrogen-bond donors (Lipinski definition) is 1. The smallest absolute Gasteiger partial charge is 0.379 e. The Balaban J connectivity index is -0.000000124. The predicted molar refractivity (Wildman–Crippen MR) is 137 cm³/mol. The third kappa shape index (κ3) is 63.2. The fraction of sp³-hybridized carbons (Fsp3) is 0.731. The van der Waals surface area contributed by atoms with Gasteiger partial charge in [0.2, 0.25) is 0 Å². The minimum atomic E-state index is -1.47. The molecule has 0 atom stereocenters. The third-order valence-electron chi connectivity index (χ3n) is 3.88. The summed E-state index contributed by atoms with van der Waals surface area (Å²) in [6.07, 6.45) is 17.0. The summed E-state index contributed by atoms with van der Waals surface area (Å²) in [5.74, 6) is -3.19. The van der Waals surface area contributed by atoms with Crippen molar-refractivity contribution in [2.75, 3.05) is 13.2 Å². The van der Waals surface area contributed by atoms with Gasteiger partial charge in [-0.25, -0.2) is 24.6 Å². The molecular formula is C26H48O7Sn. The van der Waals surface area contributed by atoms with Gasteiger partial charge in [0.25, 0.3) is 0 Å². The monoisotopic (exact) mass is 592 g/mol. The van der Waals surface area contributed by atoms with Gasteiger partial charge in [0, 0.05) is 36.1 Å². The molecule has 0 spiro atoms. The second-order valence-electron chi connectivity index (χ2n) is 7.20. The molecule has 0 aromatic carbocycles. The van der Waals surface area contributed by atoms with Crippen LogP contribution in [0.3, 0.4) is 0 Å². The predicted octanol–water partition coefficient (Wildman–Crippen LogP) is 5.76. The maximum atomic E-state index is 10.4. The maximum Gasteiger partial charge on any atom is 0.379 e. The van der Waals surface area contributed by atoms with E-state index in [2.05, 4.69) is 39.4 Å². The molecule has 0 aliphatic heterocycles. The number of aliphatic hydroxyl groups excluding tert-OH is 1. The fourth-order valence-corrected chi connectivity index (χ4v) is 1.91. The summed E-state index contributed by atoms with van der Waals surface area (Å²) in [7, 11) is 0. The van der Waals surface area contributed by atoms with E-state index in [-0.39, 0.29) is 43.5 Å². The minimum Gasteiger partial charge on any atom is -0.460 e. The number of ether oxygens (including phenoxy) is 1. The Hall–Kier alpha value is -1.09. The first-order valence-corrected chi connectivity index (χ1v) is 12.2. The van der Waals surface area contributed by atoms with Gasteiger partial charge < -0.3 is 9.84 Å². The number of rotatable bonds is 16. The number of aliphatic hydroxyl groups is 1. The summed E-state index contributed by atoms with van der Waals surface area (Å²) in [5, 5.41) is 28.0. The van der Waals surface area contributed by atoms with Gasteiger partial charge in [-0.2, -0.15) is 0 Å². The van der Waals surface area contributed by atoms with Crippen molar-refractivity contribution in [2.24, 2.45) is 0 Å². The number of esters is 1. The van der Waals surface area contributed by atoms with Gasteiger partial charge in [0.05, 0.1) is 13.0 Å². The first kappa shape index (κ1) is 43.0. The van der Waals surface area contributed by atoms with E-state index in [4.69, 9.17) is 5.11 Å². The molecule has 8 heteroatoms. The van der Waals surface area contributed by atoms with Crippen LogP contribution in [-0.4, -0.2) is 60.1 Å². The summed E-state index contributed by atoms with van der Waals surface area (Å²) in [6.45, 7) is 13.2. The van der Waals surface area contributed by atoms with Crippen LogP contribution in [0.5, 0.6) is 0 Å². The minimum absolute atomic E-state index is 0. The van der Waals surface area contributed by atoms with Crippen molar-refractivity contribution in [1.29, 1.82) is 0 Å². The van der Waals surface area contributed by atoms with Gasteiger partial charge in [-0.3, -0.25) is 0 Å². The molecule has 8 radical (unpaired) electrons. The molecule has 0 amide bonds. The van der Waals surface area contributed by atoms with E-state index < -0.39 is 17.9 Å². The molecule has 7 nitrogen and oxygen atoms in total. The third-order valence-corrected chi connectivity index (χ3v) is 3.88. The van der Waals surface area contributed by atoms with Gasteiger partial charge in [0.15, 0.2) is 0 Å². The molecule has 1 N–H and O–H groups in total. The van der Waals surface area contributed by atoms with Gasteiger partial charge in [-0.05, 0) is 6.42 Å². The maximum absolute atomic E-state index is 10.4. The largest absolute Gasteiger partial charge is 0.460 e. The summed E-state index contributed by atoms with van der Waals surface area (Å²) < 4.78 is 4.27. The van der Waals surface area contributed by atoms with Crippen LogP contribution in [0.25, 0.3) is 0 Å². The fourth-order valence-electron chi connectivity index (χ4n) is 1.91. The van der Waals surface area contributed by atoms with E-state index in [0.717, 1.165) is 25.7 Å². The number of hydrogen-bond acceptors (Lipinski definition) is 5. The molecule has 0 bridgehead atoms. The zero-order chi connectivity index (χ0) is 26.2. The van der Waals surface area contributed by atoms with E-state index in [1.165, 1.54) is 57.8 Å². The summed E-state index contributed by atoms with van der Waals surface area (Å²) in [4.78, 5) is 30.2. The molecule has 0 aliphatic carbocycles. The van der Waals surface area contributed by atoms with E-state index in [9.17, 15) is 24.6 Å². The van der Waals surface area contributed by atoms with Crippen LogP contribution in [-0.2, 0) is 29.3 Å². The Labute approximate surface area is 225 Å². The van der Waals surface area contributed by atoms with E-state index >= 15 is 0 Å². The molecular weight excluding hydrogens is 543 g/mol. The van der Waals surface area contributed by atoms with E-state index in [0.29, 0.717) is 12.2 Å². The summed E-state index contributed by atoms with van der Waals surface area (Å²) in [6, 6.07) is 0. The van der Waals surface area contributed by atoms with Crippen molar-refractivity contribution < 1.29 is 34.4 Å². The number of carbonyl (C=O) groups excluding carboxylic acids is 3. The quantitative estimate of drug-likeness (QED) is 0.106. The summed E-state index contributed by atoms with van der Waals surface area (Å²) in [5.41, 5.74) is 0.